The Bertz CT molecular complexity index is 613. The lowest BCUT2D eigenvalue weighted by Gasteiger charge is -2.22. The molecule has 0 bridgehead atoms. The molecular weight excluding hydrogens is 284 g/mol. The highest BCUT2D eigenvalue weighted by Gasteiger charge is 2.28. The molecule has 1 heterocycles. The number of unbranched alkanes of at least 4 members (excludes halogenated alkanes) is 1. The highest BCUT2D eigenvalue weighted by Crippen LogP contribution is 2.31. The SMILES string of the molecule is OCCCCN(Cc1cc(Cl)cc2cccnc12)C1CC1. The van der Waals surface area contributed by atoms with Gasteiger partial charge in [-0.05, 0) is 56.0 Å². The molecule has 0 spiro atoms. The molecule has 4 heteroatoms. The van der Waals surface area contributed by atoms with Gasteiger partial charge < -0.3 is 5.11 Å². The number of aliphatic hydroxyl groups excluding tert-OH is 1. The second kappa shape index (κ2) is 6.73. The van der Waals surface area contributed by atoms with Crippen molar-refractivity contribution >= 4 is 22.5 Å². The minimum atomic E-state index is 0.278. The number of pyridine rings is 1. The van der Waals surface area contributed by atoms with Crippen molar-refractivity contribution in [1.29, 1.82) is 0 Å². The molecule has 0 atom stereocenters. The number of rotatable bonds is 7. The Hall–Kier alpha value is -1.16. The molecule has 2 aromatic rings. The second-order valence-electron chi connectivity index (χ2n) is 5.77. The van der Waals surface area contributed by atoms with E-state index >= 15 is 0 Å². The Morgan fingerprint density at radius 3 is 2.90 bits per heavy atom. The Kier molecular flexibility index (Phi) is 4.73. The van der Waals surface area contributed by atoms with E-state index in [9.17, 15) is 0 Å². The van der Waals surface area contributed by atoms with Crippen molar-refractivity contribution in [2.75, 3.05) is 13.2 Å². The van der Waals surface area contributed by atoms with E-state index in [4.69, 9.17) is 16.7 Å². The molecule has 3 rings (SSSR count). The zero-order valence-electron chi connectivity index (χ0n) is 12.1. The number of hydrogen-bond acceptors (Lipinski definition) is 3. The number of aliphatic hydroxyl groups is 1. The molecule has 1 aliphatic rings. The van der Waals surface area contributed by atoms with Crippen molar-refractivity contribution in [3.63, 3.8) is 0 Å². The van der Waals surface area contributed by atoms with Crippen LogP contribution in [0.4, 0.5) is 0 Å². The van der Waals surface area contributed by atoms with Crippen LogP contribution in [0.1, 0.15) is 31.2 Å². The van der Waals surface area contributed by atoms with Gasteiger partial charge in [-0.3, -0.25) is 9.88 Å². The van der Waals surface area contributed by atoms with Crippen molar-refractivity contribution in [2.45, 2.75) is 38.3 Å². The maximum Gasteiger partial charge on any atom is 0.0747 e. The molecule has 1 fully saturated rings. The maximum atomic E-state index is 8.95. The van der Waals surface area contributed by atoms with Crippen LogP contribution in [-0.4, -0.2) is 34.2 Å². The van der Waals surface area contributed by atoms with Crippen molar-refractivity contribution in [2.24, 2.45) is 0 Å². The van der Waals surface area contributed by atoms with Crippen LogP contribution in [0, 0.1) is 0 Å². The third-order valence-corrected chi connectivity index (χ3v) is 4.26. The summed E-state index contributed by atoms with van der Waals surface area (Å²) in [5.74, 6) is 0. The van der Waals surface area contributed by atoms with Gasteiger partial charge in [0.05, 0.1) is 5.52 Å². The molecule has 1 saturated carbocycles. The van der Waals surface area contributed by atoms with Crippen LogP contribution in [0.25, 0.3) is 10.9 Å². The van der Waals surface area contributed by atoms with Gasteiger partial charge in [-0.15, -0.1) is 0 Å². The average Bonchev–Trinajstić information content (AvgIpc) is 3.31. The van der Waals surface area contributed by atoms with Gasteiger partial charge in [-0.1, -0.05) is 17.7 Å². The predicted molar refractivity (Wildman–Crippen MR) is 86.5 cm³/mol. The van der Waals surface area contributed by atoms with Crippen LogP contribution in [-0.2, 0) is 6.54 Å². The number of halogens is 1. The fourth-order valence-corrected chi connectivity index (χ4v) is 3.07. The highest BCUT2D eigenvalue weighted by atomic mass is 35.5. The first-order valence-corrected chi connectivity index (χ1v) is 8.04. The molecule has 0 amide bonds. The lowest BCUT2D eigenvalue weighted by Crippen LogP contribution is -2.27. The summed E-state index contributed by atoms with van der Waals surface area (Å²) in [6.45, 7) is 2.20. The molecule has 21 heavy (non-hydrogen) atoms. The maximum absolute atomic E-state index is 8.95. The Morgan fingerprint density at radius 2 is 2.14 bits per heavy atom. The minimum Gasteiger partial charge on any atom is -0.396 e. The number of fused-ring (bicyclic) bond motifs is 1. The molecule has 112 valence electrons. The summed E-state index contributed by atoms with van der Waals surface area (Å²) in [4.78, 5) is 7.04. The van der Waals surface area contributed by atoms with Gasteiger partial charge in [0, 0.05) is 35.8 Å². The number of hydrogen-bond donors (Lipinski definition) is 1. The predicted octanol–water partition coefficient (Wildman–Crippen LogP) is 3.63. The molecule has 0 radical (unpaired) electrons. The van der Waals surface area contributed by atoms with Crippen molar-refractivity contribution in [3.8, 4) is 0 Å². The normalized spacial score (nSPS) is 15.0. The van der Waals surface area contributed by atoms with Crippen LogP contribution in [0.3, 0.4) is 0 Å². The standard InChI is InChI=1S/C17H21ClN2O/c18-15-10-13-4-3-7-19-17(13)14(11-15)12-20(16-5-6-16)8-1-2-9-21/h3-4,7,10-11,16,21H,1-2,5-6,8-9,12H2. The quantitative estimate of drug-likeness (QED) is 0.794. The van der Waals surface area contributed by atoms with Gasteiger partial charge in [-0.25, -0.2) is 0 Å². The fraction of sp³-hybridized carbons (Fsp3) is 0.471. The molecular formula is C17H21ClN2O. The van der Waals surface area contributed by atoms with Crippen molar-refractivity contribution in [3.05, 3.63) is 41.0 Å². The third-order valence-electron chi connectivity index (χ3n) is 4.04. The first-order chi connectivity index (χ1) is 10.3. The van der Waals surface area contributed by atoms with E-state index in [-0.39, 0.29) is 6.61 Å². The molecule has 1 aliphatic carbocycles. The van der Waals surface area contributed by atoms with Crippen molar-refractivity contribution in [1.82, 2.24) is 9.88 Å². The van der Waals surface area contributed by atoms with E-state index in [0.717, 1.165) is 41.9 Å². The molecule has 1 aromatic heterocycles. The molecule has 1 N–H and O–H groups in total. The zero-order chi connectivity index (χ0) is 14.7. The second-order valence-corrected chi connectivity index (χ2v) is 6.21. The Balaban J connectivity index is 1.81. The van der Waals surface area contributed by atoms with Crippen molar-refractivity contribution < 1.29 is 5.11 Å². The van der Waals surface area contributed by atoms with Gasteiger partial charge >= 0.3 is 0 Å². The van der Waals surface area contributed by atoms with Crippen LogP contribution < -0.4 is 0 Å². The van der Waals surface area contributed by atoms with E-state index in [1.54, 1.807) is 0 Å². The molecule has 3 nitrogen and oxygen atoms in total. The highest BCUT2D eigenvalue weighted by molar-refractivity contribution is 6.31. The number of nitrogens with zero attached hydrogens (tertiary/aromatic N) is 2. The zero-order valence-corrected chi connectivity index (χ0v) is 12.9. The lowest BCUT2D eigenvalue weighted by molar-refractivity contribution is 0.229. The summed E-state index contributed by atoms with van der Waals surface area (Å²) in [6, 6.07) is 8.72. The molecule has 0 aliphatic heterocycles. The average molecular weight is 305 g/mol. The first-order valence-electron chi connectivity index (χ1n) is 7.66. The van der Waals surface area contributed by atoms with Crippen LogP contribution in [0.5, 0.6) is 0 Å². The molecule has 0 unspecified atom stereocenters. The third kappa shape index (κ3) is 3.73. The van der Waals surface area contributed by atoms with Gasteiger partial charge in [0.15, 0.2) is 0 Å². The summed E-state index contributed by atoms with van der Waals surface area (Å²) in [5, 5.41) is 10.8. The topological polar surface area (TPSA) is 36.4 Å². The van der Waals surface area contributed by atoms with Crippen LogP contribution in [0.2, 0.25) is 5.02 Å². The molecule has 1 aromatic carbocycles. The monoisotopic (exact) mass is 304 g/mol. The summed E-state index contributed by atoms with van der Waals surface area (Å²) in [5.41, 5.74) is 2.25. The fourth-order valence-electron chi connectivity index (χ4n) is 2.82. The summed E-state index contributed by atoms with van der Waals surface area (Å²) in [6.07, 6.45) is 6.32. The minimum absolute atomic E-state index is 0.278. The summed E-state index contributed by atoms with van der Waals surface area (Å²) in [7, 11) is 0. The van der Waals surface area contributed by atoms with Gasteiger partial charge in [0.25, 0.3) is 0 Å². The lowest BCUT2D eigenvalue weighted by atomic mass is 10.1. The Morgan fingerprint density at radius 1 is 1.29 bits per heavy atom. The van der Waals surface area contributed by atoms with Crippen LogP contribution in [0.15, 0.2) is 30.5 Å². The van der Waals surface area contributed by atoms with Crippen LogP contribution >= 0.6 is 11.6 Å². The Labute approximate surface area is 130 Å². The van der Waals surface area contributed by atoms with Gasteiger partial charge in [0.1, 0.15) is 0 Å². The van der Waals surface area contributed by atoms with E-state index < -0.39 is 0 Å². The van der Waals surface area contributed by atoms with E-state index in [1.807, 2.05) is 24.4 Å². The van der Waals surface area contributed by atoms with Gasteiger partial charge in [-0.2, -0.15) is 0 Å². The number of aromatic nitrogens is 1. The summed E-state index contributed by atoms with van der Waals surface area (Å²) >= 11 is 6.25. The van der Waals surface area contributed by atoms with Gasteiger partial charge in [0.2, 0.25) is 0 Å². The number of benzene rings is 1. The summed E-state index contributed by atoms with van der Waals surface area (Å²) < 4.78 is 0. The van der Waals surface area contributed by atoms with E-state index in [1.165, 1.54) is 18.4 Å². The largest absolute Gasteiger partial charge is 0.396 e. The first kappa shape index (κ1) is 14.8. The van der Waals surface area contributed by atoms with E-state index in [2.05, 4.69) is 16.0 Å². The molecule has 0 saturated heterocycles. The van der Waals surface area contributed by atoms with E-state index in [0.29, 0.717) is 6.04 Å². The smallest absolute Gasteiger partial charge is 0.0747 e.